The van der Waals surface area contributed by atoms with Crippen LogP contribution in [0.3, 0.4) is 0 Å². The lowest BCUT2D eigenvalue weighted by Gasteiger charge is -2.35. The second kappa shape index (κ2) is 6.20. The van der Waals surface area contributed by atoms with Crippen molar-refractivity contribution in [2.75, 3.05) is 32.8 Å². The lowest BCUT2D eigenvalue weighted by atomic mass is 10.1. The van der Waals surface area contributed by atoms with E-state index in [0.717, 1.165) is 12.1 Å². The predicted octanol–water partition coefficient (Wildman–Crippen LogP) is 0.671. The van der Waals surface area contributed by atoms with Crippen LogP contribution < -0.4 is 0 Å². The number of rotatable bonds is 3. The first-order valence-electron chi connectivity index (χ1n) is 8.80. The number of hydrogen-bond acceptors (Lipinski definition) is 4. The van der Waals surface area contributed by atoms with Crippen LogP contribution in [0, 0.1) is 11.8 Å². The summed E-state index contributed by atoms with van der Waals surface area (Å²) < 4.78 is 7.24. The van der Waals surface area contributed by atoms with Gasteiger partial charge in [-0.05, 0) is 18.4 Å². The van der Waals surface area contributed by atoms with Crippen molar-refractivity contribution in [1.82, 2.24) is 19.6 Å². The van der Waals surface area contributed by atoms with E-state index in [9.17, 15) is 9.59 Å². The smallest absolute Gasteiger partial charge is 0.226 e. The number of amides is 2. The van der Waals surface area contributed by atoms with Gasteiger partial charge in [-0.25, -0.2) is 0 Å². The van der Waals surface area contributed by atoms with Gasteiger partial charge >= 0.3 is 0 Å². The van der Waals surface area contributed by atoms with Crippen LogP contribution in [0.1, 0.15) is 31.5 Å². The fourth-order valence-electron chi connectivity index (χ4n) is 3.75. The lowest BCUT2D eigenvalue weighted by molar-refractivity contribution is -0.139. The highest BCUT2D eigenvalue weighted by molar-refractivity contribution is 5.82. The Kier molecular flexibility index (Phi) is 4.04. The molecule has 2 aliphatic heterocycles. The molecule has 1 aromatic heterocycles. The molecule has 0 unspecified atom stereocenters. The van der Waals surface area contributed by atoms with Gasteiger partial charge < -0.3 is 14.5 Å². The molecule has 0 aromatic carbocycles. The monoisotopic (exact) mass is 332 g/mol. The zero-order valence-corrected chi connectivity index (χ0v) is 14.1. The highest BCUT2D eigenvalue weighted by Crippen LogP contribution is 2.40. The summed E-state index contributed by atoms with van der Waals surface area (Å²) in [7, 11) is 0. The van der Waals surface area contributed by atoms with Crippen molar-refractivity contribution in [1.29, 1.82) is 0 Å². The van der Waals surface area contributed by atoms with Crippen LogP contribution in [0.4, 0.5) is 0 Å². The van der Waals surface area contributed by atoms with Gasteiger partial charge in [-0.15, -0.1) is 0 Å². The molecular weight excluding hydrogens is 308 g/mol. The summed E-state index contributed by atoms with van der Waals surface area (Å²) in [6, 6.07) is 1.87. The minimum absolute atomic E-state index is 0.0721. The molecule has 7 heteroatoms. The second-order valence-electron chi connectivity index (χ2n) is 7.16. The zero-order valence-electron chi connectivity index (χ0n) is 14.1. The predicted molar refractivity (Wildman–Crippen MR) is 86.0 cm³/mol. The molecule has 24 heavy (non-hydrogen) atoms. The number of aromatic nitrogens is 2. The molecule has 3 heterocycles. The van der Waals surface area contributed by atoms with Gasteiger partial charge in [-0.3, -0.25) is 14.3 Å². The number of carbonyl (C=O) groups excluding carboxylic acids is 2. The maximum atomic E-state index is 12.6. The summed E-state index contributed by atoms with van der Waals surface area (Å²) in [5.41, 5.74) is 1.02. The minimum atomic E-state index is -0.0721. The molecule has 1 saturated heterocycles. The van der Waals surface area contributed by atoms with E-state index >= 15 is 0 Å². The van der Waals surface area contributed by atoms with Crippen molar-refractivity contribution in [3.05, 3.63) is 18.0 Å². The fraction of sp³-hybridized carbons (Fsp3) is 0.706. The SMILES string of the molecule is C[C@@H]1C[C@@H]1C(=O)N1Cc2ccnn2[C@@H](CC(=O)N2CCOCC2)C1. The summed E-state index contributed by atoms with van der Waals surface area (Å²) in [4.78, 5) is 29.0. The van der Waals surface area contributed by atoms with E-state index in [1.807, 2.05) is 20.5 Å². The number of ether oxygens (including phenoxy) is 1. The van der Waals surface area contributed by atoms with Gasteiger partial charge in [-0.2, -0.15) is 5.10 Å². The molecule has 130 valence electrons. The quantitative estimate of drug-likeness (QED) is 0.816. The number of fused-ring (bicyclic) bond motifs is 1. The van der Waals surface area contributed by atoms with E-state index in [4.69, 9.17) is 4.74 Å². The summed E-state index contributed by atoms with van der Waals surface area (Å²) in [5, 5.41) is 4.39. The molecule has 1 saturated carbocycles. The van der Waals surface area contributed by atoms with Gasteiger partial charge in [0.15, 0.2) is 0 Å². The van der Waals surface area contributed by atoms with Crippen molar-refractivity contribution in [3.63, 3.8) is 0 Å². The Bertz CT molecular complexity index is 638. The van der Waals surface area contributed by atoms with E-state index in [1.54, 1.807) is 6.20 Å². The highest BCUT2D eigenvalue weighted by Gasteiger charge is 2.43. The first kappa shape index (κ1) is 15.6. The van der Waals surface area contributed by atoms with Crippen LogP contribution in [0.25, 0.3) is 0 Å². The van der Waals surface area contributed by atoms with Crippen LogP contribution in [0.15, 0.2) is 12.3 Å². The molecule has 3 atom stereocenters. The molecule has 0 bridgehead atoms. The van der Waals surface area contributed by atoms with E-state index in [0.29, 0.717) is 51.7 Å². The average Bonchev–Trinajstić information content (AvgIpc) is 3.13. The van der Waals surface area contributed by atoms with Crippen LogP contribution in [0.5, 0.6) is 0 Å². The summed E-state index contributed by atoms with van der Waals surface area (Å²) >= 11 is 0. The number of hydrogen-bond donors (Lipinski definition) is 0. The zero-order chi connectivity index (χ0) is 16.7. The largest absolute Gasteiger partial charge is 0.378 e. The second-order valence-corrected chi connectivity index (χ2v) is 7.16. The van der Waals surface area contributed by atoms with Crippen molar-refractivity contribution in [2.45, 2.75) is 32.4 Å². The highest BCUT2D eigenvalue weighted by atomic mass is 16.5. The van der Waals surface area contributed by atoms with E-state index in [1.165, 1.54) is 0 Å². The van der Waals surface area contributed by atoms with Crippen LogP contribution >= 0.6 is 0 Å². The lowest BCUT2D eigenvalue weighted by Crippen LogP contribution is -2.46. The first-order chi connectivity index (χ1) is 11.6. The number of nitrogens with zero attached hydrogens (tertiary/aromatic N) is 4. The van der Waals surface area contributed by atoms with E-state index < -0.39 is 0 Å². The third-order valence-electron chi connectivity index (χ3n) is 5.39. The Morgan fingerprint density at radius 3 is 2.75 bits per heavy atom. The third-order valence-corrected chi connectivity index (χ3v) is 5.39. The Morgan fingerprint density at radius 2 is 2.04 bits per heavy atom. The summed E-state index contributed by atoms with van der Waals surface area (Å²) in [6.07, 6.45) is 3.14. The molecule has 2 amide bonds. The van der Waals surface area contributed by atoms with E-state index in [-0.39, 0.29) is 23.8 Å². The van der Waals surface area contributed by atoms with Crippen LogP contribution in [-0.2, 0) is 20.9 Å². The Labute approximate surface area is 141 Å². The minimum Gasteiger partial charge on any atom is -0.378 e. The van der Waals surface area contributed by atoms with Crippen molar-refractivity contribution in [3.8, 4) is 0 Å². The summed E-state index contributed by atoms with van der Waals surface area (Å²) in [5.74, 6) is 1.03. The van der Waals surface area contributed by atoms with Crippen molar-refractivity contribution in [2.24, 2.45) is 11.8 Å². The molecular formula is C17H24N4O3. The molecule has 0 radical (unpaired) electrons. The molecule has 4 rings (SSSR count). The van der Waals surface area contributed by atoms with Gasteiger partial charge in [0.05, 0.1) is 37.9 Å². The first-order valence-corrected chi connectivity index (χ1v) is 8.80. The maximum Gasteiger partial charge on any atom is 0.226 e. The molecule has 0 spiro atoms. The molecule has 0 N–H and O–H groups in total. The normalized spacial score (nSPS) is 29.3. The van der Waals surface area contributed by atoms with Crippen LogP contribution in [0.2, 0.25) is 0 Å². The van der Waals surface area contributed by atoms with Gasteiger partial charge in [0.2, 0.25) is 11.8 Å². The van der Waals surface area contributed by atoms with E-state index in [2.05, 4.69) is 12.0 Å². The standard InChI is InChI=1S/C17H24N4O3/c1-12-8-15(12)17(23)20-10-13-2-3-18-21(13)14(11-20)9-16(22)19-4-6-24-7-5-19/h2-3,12,14-15H,4-11H2,1H3/t12-,14+,15+/m1/s1. The number of morpholine rings is 1. The topological polar surface area (TPSA) is 67.7 Å². The van der Waals surface area contributed by atoms with Crippen molar-refractivity contribution >= 4 is 11.8 Å². The Morgan fingerprint density at radius 1 is 1.29 bits per heavy atom. The van der Waals surface area contributed by atoms with Gasteiger partial charge in [0, 0.05) is 31.7 Å². The van der Waals surface area contributed by atoms with Gasteiger partial charge in [0.1, 0.15) is 0 Å². The molecule has 1 aromatic rings. The molecule has 1 aliphatic carbocycles. The third kappa shape index (κ3) is 2.92. The molecule has 2 fully saturated rings. The molecule has 7 nitrogen and oxygen atoms in total. The number of carbonyl (C=O) groups is 2. The van der Waals surface area contributed by atoms with Crippen LogP contribution in [-0.4, -0.2) is 64.2 Å². The van der Waals surface area contributed by atoms with Crippen molar-refractivity contribution < 1.29 is 14.3 Å². The summed E-state index contributed by atoms with van der Waals surface area (Å²) in [6.45, 7) is 5.81. The Balaban J connectivity index is 1.47. The maximum absolute atomic E-state index is 12.6. The average molecular weight is 332 g/mol. The van der Waals surface area contributed by atoms with Gasteiger partial charge in [-0.1, -0.05) is 6.92 Å². The van der Waals surface area contributed by atoms with Gasteiger partial charge in [0.25, 0.3) is 0 Å². The Hall–Kier alpha value is -1.89. The molecule has 3 aliphatic rings. The fourth-order valence-corrected chi connectivity index (χ4v) is 3.75.